The molecule has 0 saturated heterocycles. The predicted molar refractivity (Wildman–Crippen MR) is 28.5 cm³/mol. The molecule has 0 unspecified atom stereocenters. The first-order valence-electron chi connectivity index (χ1n) is 2.53. The van der Waals surface area contributed by atoms with Gasteiger partial charge in [-0.2, -0.15) is 26.3 Å². The van der Waals surface area contributed by atoms with E-state index in [1.807, 2.05) is 0 Å². The van der Waals surface area contributed by atoms with E-state index in [2.05, 4.69) is 0 Å². The van der Waals surface area contributed by atoms with Gasteiger partial charge in [-0.3, -0.25) is 4.90 Å². The Bertz CT molecular complexity index is 200. The molecule has 0 aromatic heterocycles. The standard InChI is InChI=1S/C5H3F6N/c1-12(4(10)2(6)7)5(11)3(8)9/h1H3. The van der Waals surface area contributed by atoms with E-state index in [0.29, 0.717) is 7.05 Å². The first-order chi connectivity index (χ1) is 5.37. The summed E-state index contributed by atoms with van der Waals surface area (Å²) in [6, 6.07) is 0. The average molecular weight is 191 g/mol. The Morgan fingerprint density at radius 3 is 1.17 bits per heavy atom. The van der Waals surface area contributed by atoms with Crippen molar-refractivity contribution in [2.24, 2.45) is 0 Å². The molecular weight excluding hydrogens is 188 g/mol. The van der Waals surface area contributed by atoms with Crippen LogP contribution in [0, 0.1) is 0 Å². The summed E-state index contributed by atoms with van der Waals surface area (Å²) in [6.45, 7) is 0. The first-order valence-corrected chi connectivity index (χ1v) is 2.53. The maximum absolute atomic E-state index is 12.0. The molecule has 0 radical (unpaired) electrons. The van der Waals surface area contributed by atoms with Crippen LogP contribution in [-0.4, -0.2) is 11.9 Å². The Hall–Kier alpha value is -1.14. The van der Waals surface area contributed by atoms with Gasteiger partial charge in [0.2, 0.25) is 0 Å². The van der Waals surface area contributed by atoms with Crippen LogP contribution in [0.1, 0.15) is 0 Å². The highest BCUT2D eigenvalue weighted by molar-refractivity contribution is 5.02. The zero-order valence-corrected chi connectivity index (χ0v) is 5.72. The van der Waals surface area contributed by atoms with Gasteiger partial charge in [0.05, 0.1) is 0 Å². The highest BCUT2D eigenvalue weighted by Gasteiger charge is 2.19. The molecule has 0 heterocycles. The van der Waals surface area contributed by atoms with Crippen molar-refractivity contribution in [3.05, 3.63) is 24.1 Å². The van der Waals surface area contributed by atoms with E-state index >= 15 is 0 Å². The van der Waals surface area contributed by atoms with Crippen molar-refractivity contribution < 1.29 is 26.3 Å². The zero-order valence-electron chi connectivity index (χ0n) is 5.72. The molecule has 0 aliphatic rings. The van der Waals surface area contributed by atoms with Crippen LogP contribution in [0.4, 0.5) is 26.3 Å². The van der Waals surface area contributed by atoms with Crippen LogP contribution in [-0.2, 0) is 0 Å². The SMILES string of the molecule is CN(C(F)=C(F)F)C(F)=C(F)F. The number of hydrogen-bond acceptors (Lipinski definition) is 1. The predicted octanol–water partition coefficient (Wildman–Crippen LogP) is 2.99. The minimum absolute atomic E-state index is 0.406. The topological polar surface area (TPSA) is 3.24 Å². The number of halogens is 6. The van der Waals surface area contributed by atoms with Crippen molar-refractivity contribution in [1.29, 1.82) is 0 Å². The molecule has 0 atom stereocenters. The van der Waals surface area contributed by atoms with Crippen molar-refractivity contribution in [1.82, 2.24) is 4.90 Å². The molecule has 0 aromatic carbocycles. The van der Waals surface area contributed by atoms with Crippen LogP contribution in [0.15, 0.2) is 24.1 Å². The Morgan fingerprint density at radius 2 is 1.00 bits per heavy atom. The van der Waals surface area contributed by atoms with Gasteiger partial charge in [-0.1, -0.05) is 0 Å². The van der Waals surface area contributed by atoms with Gasteiger partial charge in [-0.05, 0) is 0 Å². The molecule has 0 rings (SSSR count). The van der Waals surface area contributed by atoms with Gasteiger partial charge in [0.15, 0.2) is 0 Å². The molecule has 0 aromatic rings. The smallest absolute Gasteiger partial charge is 0.289 e. The lowest BCUT2D eigenvalue weighted by Crippen LogP contribution is -2.12. The van der Waals surface area contributed by atoms with Gasteiger partial charge in [0.25, 0.3) is 11.9 Å². The highest BCUT2D eigenvalue weighted by Crippen LogP contribution is 2.21. The third-order valence-electron chi connectivity index (χ3n) is 0.901. The van der Waals surface area contributed by atoms with Gasteiger partial charge < -0.3 is 0 Å². The van der Waals surface area contributed by atoms with Crippen molar-refractivity contribution >= 4 is 0 Å². The summed E-state index contributed by atoms with van der Waals surface area (Å²) < 4.78 is 69.3. The van der Waals surface area contributed by atoms with Crippen LogP contribution in [0.5, 0.6) is 0 Å². The third-order valence-corrected chi connectivity index (χ3v) is 0.901. The lowest BCUT2D eigenvalue weighted by Gasteiger charge is -2.10. The van der Waals surface area contributed by atoms with Crippen molar-refractivity contribution in [3.63, 3.8) is 0 Å². The lowest BCUT2D eigenvalue weighted by atomic mass is 10.7. The molecule has 0 fully saturated rings. The fraction of sp³-hybridized carbons (Fsp3) is 0.200. The summed E-state index contributed by atoms with van der Waals surface area (Å²) in [4.78, 5) is -0.593. The first kappa shape index (κ1) is 10.9. The third kappa shape index (κ3) is 2.48. The van der Waals surface area contributed by atoms with E-state index in [-0.39, 0.29) is 0 Å². The van der Waals surface area contributed by atoms with Crippen LogP contribution in [0.25, 0.3) is 0 Å². The second kappa shape index (κ2) is 4.03. The van der Waals surface area contributed by atoms with E-state index in [9.17, 15) is 26.3 Å². The number of rotatable bonds is 2. The molecule has 1 nitrogen and oxygen atoms in total. The molecule has 0 bridgehead atoms. The Kier molecular flexibility index (Phi) is 3.65. The fourth-order valence-electron chi connectivity index (χ4n) is 0.340. The summed E-state index contributed by atoms with van der Waals surface area (Å²) in [5, 5.41) is 0. The molecule has 0 amide bonds. The van der Waals surface area contributed by atoms with Crippen LogP contribution in [0.3, 0.4) is 0 Å². The van der Waals surface area contributed by atoms with Crippen molar-refractivity contribution in [2.45, 2.75) is 0 Å². The minimum Gasteiger partial charge on any atom is -0.289 e. The van der Waals surface area contributed by atoms with E-state index < -0.39 is 29.0 Å². The van der Waals surface area contributed by atoms with Crippen molar-refractivity contribution in [2.75, 3.05) is 7.05 Å². The van der Waals surface area contributed by atoms with Gasteiger partial charge in [-0.15, -0.1) is 0 Å². The largest absolute Gasteiger partial charge is 0.323 e. The molecular formula is C5H3F6N. The van der Waals surface area contributed by atoms with Gasteiger partial charge in [0, 0.05) is 7.05 Å². The zero-order chi connectivity index (χ0) is 9.89. The molecule has 7 heteroatoms. The highest BCUT2D eigenvalue weighted by atomic mass is 19.3. The minimum atomic E-state index is -2.87. The Balaban J connectivity index is 4.75. The maximum atomic E-state index is 12.0. The Morgan fingerprint density at radius 1 is 0.750 bits per heavy atom. The normalized spacial score (nSPS) is 9.25. The average Bonchev–Trinajstić information content (AvgIpc) is 2.00. The van der Waals surface area contributed by atoms with Crippen LogP contribution in [0.2, 0.25) is 0 Å². The number of hydrogen-bond donors (Lipinski definition) is 0. The lowest BCUT2D eigenvalue weighted by molar-refractivity contribution is 0.230. The summed E-state index contributed by atoms with van der Waals surface area (Å²) >= 11 is 0. The van der Waals surface area contributed by atoms with E-state index in [1.54, 1.807) is 0 Å². The quantitative estimate of drug-likeness (QED) is 0.479. The van der Waals surface area contributed by atoms with Crippen molar-refractivity contribution in [3.8, 4) is 0 Å². The molecule has 0 aliphatic carbocycles. The molecule has 0 spiro atoms. The maximum Gasteiger partial charge on any atom is 0.323 e. The van der Waals surface area contributed by atoms with E-state index in [1.165, 1.54) is 0 Å². The second-order valence-corrected chi connectivity index (χ2v) is 1.66. The second-order valence-electron chi connectivity index (χ2n) is 1.66. The van der Waals surface area contributed by atoms with Gasteiger partial charge in [-0.25, -0.2) is 0 Å². The van der Waals surface area contributed by atoms with E-state index in [0.717, 1.165) is 0 Å². The van der Waals surface area contributed by atoms with Gasteiger partial charge >= 0.3 is 12.2 Å². The molecule has 70 valence electrons. The van der Waals surface area contributed by atoms with Crippen LogP contribution < -0.4 is 0 Å². The Labute approximate surface area is 63.6 Å². The summed E-state index contributed by atoms with van der Waals surface area (Å²) in [7, 11) is 0.406. The summed E-state index contributed by atoms with van der Waals surface area (Å²) in [5.74, 6) is -4.69. The fourth-order valence-corrected chi connectivity index (χ4v) is 0.340. The van der Waals surface area contributed by atoms with E-state index in [4.69, 9.17) is 0 Å². The molecule has 0 N–H and O–H groups in total. The van der Waals surface area contributed by atoms with Crippen LogP contribution >= 0.6 is 0 Å². The van der Waals surface area contributed by atoms with Gasteiger partial charge in [0.1, 0.15) is 0 Å². The summed E-state index contributed by atoms with van der Waals surface area (Å²) in [5.41, 5.74) is 0. The molecule has 0 saturated carbocycles. The molecule has 12 heavy (non-hydrogen) atoms. The molecule has 0 aliphatic heterocycles. The summed E-state index contributed by atoms with van der Waals surface area (Å²) in [6.07, 6.45) is -5.73. The monoisotopic (exact) mass is 191 g/mol. The number of nitrogens with zero attached hydrogens (tertiary/aromatic N) is 1.